The van der Waals surface area contributed by atoms with E-state index in [1.807, 2.05) is 0 Å². The molecule has 2 aromatic heterocycles. The minimum atomic E-state index is -0.315. The predicted molar refractivity (Wildman–Crippen MR) is 74.0 cm³/mol. The van der Waals surface area contributed by atoms with Gasteiger partial charge in [-0.05, 0) is 23.8 Å². The maximum absolute atomic E-state index is 13.4. The highest BCUT2D eigenvalue weighted by Gasteiger charge is 2.17. The van der Waals surface area contributed by atoms with Crippen LogP contribution in [0.1, 0.15) is 0 Å². The number of nitrogens with zero attached hydrogens (tertiary/aromatic N) is 4. The van der Waals surface area contributed by atoms with Gasteiger partial charge in [0.25, 0.3) is 0 Å². The third kappa shape index (κ3) is 2.01. The Hall–Kier alpha value is -2.76. The predicted octanol–water partition coefficient (Wildman–Crippen LogP) is 2.27. The lowest BCUT2D eigenvalue weighted by molar-refractivity contribution is 0.628. The van der Waals surface area contributed by atoms with E-state index in [9.17, 15) is 4.39 Å². The summed E-state index contributed by atoms with van der Waals surface area (Å²) >= 11 is 0. The van der Waals surface area contributed by atoms with E-state index in [2.05, 4.69) is 15.3 Å². The van der Waals surface area contributed by atoms with Crippen molar-refractivity contribution in [1.82, 2.24) is 20.0 Å². The minimum Gasteiger partial charge on any atom is -0.383 e. The summed E-state index contributed by atoms with van der Waals surface area (Å²) in [5.74, 6) is 0.159. The van der Waals surface area contributed by atoms with Crippen LogP contribution in [0.4, 0.5) is 10.2 Å². The number of nitrogens with two attached hydrogens (primary N) is 1. The van der Waals surface area contributed by atoms with Gasteiger partial charge in [0.15, 0.2) is 0 Å². The van der Waals surface area contributed by atoms with Crippen molar-refractivity contribution in [3.05, 3.63) is 48.5 Å². The number of nitrogen functional groups attached to an aromatic ring is 1. The molecule has 5 nitrogen and oxygen atoms in total. The van der Waals surface area contributed by atoms with E-state index in [4.69, 9.17) is 5.73 Å². The molecule has 0 aliphatic rings. The van der Waals surface area contributed by atoms with Gasteiger partial charge in [-0.25, -0.2) is 4.39 Å². The molecule has 2 N–H and O–H groups in total. The van der Waals surface area contributed by atoms with Crippen LogP contribution in [0, 0.1) is 5.82 Å². The number of halogens is 1. The number of hydrogen-bond acceptors (Lipinski definition) is 4. The number of rotatable bonds is 2. The highest BCUT2D eigenvalue weighted by Crippen LogP contribution is 2.35. The molecule has 2 heterocycles. The summed E-state index contributed by atoms with van der Waals surface area (Å²) in [5, 5.41) is 12.0. The maximum atomic E-state index is 13.4. The van der Waals surface area contributed by atoms with Crippen molar-refractivity contribution in [2.75, 3.05) is 5.73 Å². The van der Waals surface area contributed by atoms with E-state index >= 15 is 0 Å². The Morgan fingerprint density at radius 3 is 2.70 bits per heavy atom. The zero-order valence-corrected chi connectivity index (χ0v) is 10.8. The molecule has 0 fully saturated rings. The van der Waals surface area contributed by atoms with Crippen LogP contribution in [0.15, 0.2) is 42.7 Å². The lowest BCUT2D eigenvalue weighted by Crippen LogP contribution is -1.98. The fourth-order valence-electron chi connectivity index (χ4n) is 2.10. The average molecular weight is 269 g/mol. The van der Waals surface area contributed by atoms with Gasteiger partial charge in [-0.1, -0.05) is 12.1 Å². The molecule has 0 saturated carbocycles. The van der Waals surface area contributed by atoms with Crippen LogP contribution >= 0.6 is 0 Å². The molecule has 6 heteroatoms. The van der Waals surface area contributed by atoms with Crippen LogP contribution in [-0.2, 0) is 7.05 Å². The zero-order valence-electron chi connectivity index (χ0n) is 10.8. The second-order valence-corrected chi connectivity index (χ2v) is 4.37. The molecule has 0 aliphatic heterocycles. The number of aryl methyl sites for hydroxylation is 1. The topological polar surface area (TPSA) is 69.6 Å². The SMILES string of the molecule is Cn1nc(-c2ccnnc2)c(-c2cccc(F)c2)c1N. The van der Waals surface area contributed by atoms with Gasteiger partial charge < -0.3 is 5.73 Å². The first-order chi connectivity index (χ1) is 9.66. The van der Waals surface area contributed by atoms with Crippen LogP contribution in [0.25, 0.3) is 22.4 Å². The number of benzene rings is 1. The number of hydrogen-bond donors (Lipinski definition) is 1. The second kappa shape index (κ2) is 4.73. The maximum Gasteiger partial charge on any atom is 0.129 e. The van der Waals surface area contributed by atoms with Crippen LogP contribution in [-0.4, -0.2) is 20.0 Å². The van der Waals surface area contributed by atoms with Gasteiger partial charge >= 0.3 is 0 Å². The lowest BCUT2D eigenvalue weighted by atomic mass is 10.0. The van der Waals surface area contributed by atoms with E-state index in [1.54, 1.807) is 42.3 Å². The Kier molecular flexibility index (Phi) is 2.90. The van der Waals surface area contributed by atoms with E-state index in [0.717, 1.165) is 5.56 Å². The van der Waals surface area contributed by atoms with Gasteiger partial charge in [0, 0.05) is 12.6 Å². The van der Waals surface area contributed by atoms with Crippen molar-refractivity contribution in [3.63, 3.8) is 0 Å². The van der Waals surface area contributed by atoms with Crippen LogP contribution in [0.3, 0.4) is 0 Å². The normalized spacial score (nSPS) is 10.7. The van der Waals surface area contributed by atoms with E-state index in [1.165, 1.54) is 12.1 Å². The number of aromatic nitrogens is 4. The summed E-state index contributed by atoms with van der Waals surface area (Å²) < 4.78 is 15.0. The molecule has 0 amide bonds. The van der Waals surface area contributed by atoms with Crippen molar-refractivity contribution < 1.29 is 4.39 Å². The zero-order chi connectivity index (χ0) is 14.1. The van der Waals surface area contributed by atoms with Crippen LogP contribution in [0.2, 0.25) is 0 Å². The smallest absolute Gasteiger partial charge is 0.129 e. The highest BCUT2D eigenvalue weighted by atomic mass is 19.1. The first-order valence-electron chi connectivity index (χ1n) is 6.02. The Morgan fingerprint density at radius 2 is 2.00 bits per heavy atom. The molecule has 0 saturated heterocycles. The van der Waals surface area contributed by atoms with Gasteiger partial charge in [0.2, 0.25) is 0 Å². The molecule has 3 aromatic rings. The first-order valence-corrected chi connectivity index (χ1v) is 6.02. The van der Waals surface area contributed by atoms with Crippen molar-refractivity contribution in [1.29, 1.82) is 0 Å². The quantitative estimate of drug-likeness (QED) is 0.774. The van der Waals surface area contributed by atoms with Gasteiger partial charge in [0.1, 0.15) is 17.3 Å². The number of anilines is 1. The Labute approximate surface area is 114 Å². The molecule has 1 aromatic carbocycles. The van der Waals surface area contributed by atoms with Gasteiger partial charge in [-0.15, -0.1) is 0 Å². The van der Waals surface area contributed by atoms with Gasteiger partial charge in [0.05, 0.1) is 18.0 Å². The molecule has 0 aliphatic carbocycles. The highest BCUT2D eigenvalue weighted by molar-refractivity contribution is 5.87. The molecule has 0 radical (unpaired) electrons. The summed E-state index contributed by atoms with van der Waals surface area (Å²) in [7, 11) is 1.75. The van der Waals surface area contributed by atoms with Gasteiger partial charge in [-0.2, -0.15) is 15.3 Å². The summed E-state index contributed by atoms with van der Waals surface area (Å²) in [4.78, 5) is 0. The first kappa shape index (κ1) is 12.3. The molecule has 0 spiro atoms. The minimum absolute atomic E-state index is 0.315. The fraction of sp³-hybridized carbons (Fsp3) is 0.0714. The molecular formula is C14H12FN5. The van der Waals surface area contributed by atoms with Crippen molar-refractivity contribution in [2.45, 2.75) is 0 Å². The largest absolute Gasteiger partial charge is 0.383 e. The monoisotopic (exact) mass is 269 g/mol. The molecule has 0 unspecified atom stereocenters. The summed E-state index contributed by atoms with van der Waals surface area (Å²) in [6, 6.07) is 8.06. The summed E-state index contributed by atoms with van der Waals surface area (Å²) in [6.45, 7) is 0. The molecule has 20 heavy (non-hydrogen) atoms. The van der Waals surface area contributed by atoms with Crippen molar-refractivity contribution in [2.24, 2.45) is 7.05 Å². The molecule has 3 rings (SSSR count). The van der Waals surface area contributed by atoms with E-state index in [-0.39, 0.29) is 5.82 Å². The molecular weight excluding hydrogens is 257 g/mol. The summed E-state index contributed by atoms with van der Waals surface area (Å²) in [5.41, 5.74) is 8.88. The van der Waals surface area contributed by atoms with E-state index in [0.29, 0.717) is 22.6 Å². The average Bonchev–Trinajstić information content (AvgIpc) is 2.76. The Balaban J connectivity index is 2.25. The fourth-order valence-corrected chi connectivity index (χ4v) is 2.10. The summed E-state index contributed by atoms with van der Waals surface area (Å²) in [6.07, 6.45) is 3.18. The molecule has 0 bridgehead atoms. The molecule has 0 atom stereocenters. The Bertz CT molecular complexity index is 752. The van der Waals surface area contributed by atoms with E-state index < -0.39 is 0 Å². The van der Waals surface area contributed by atoms with Crippen LogP contribution in [0.5, 0.6) is 0 Å². The lowest BCUT2D eigenvalue weighted by Gasteiger charge is -2.04. The Morgan fingerprint density at radius 1 is 1.15 bits per heavy atom. The molecule has 100 valence electrons. The third-order valence-electron chi connectivity index (χ3n) is 3.06. The van der Waals surface area contributed by atoms with Gasteiger partial charge in [-0.3, -0.25) is 4.68 Å². The van der Waals surface area contributed by atoms with Crippen LogP contribution < -0.4 is 5.73 Å². The second-order valence-electron chi connectivity index (χ2n) is 4.37. The van der Waals surface area contributed by atoms with Crippen molar-refractivity contribution in [3.8, 4) is 22.4 Å². The third-order valence-corrected chi connectivity index (χ3v) is 3.06. The standard InChI is InChI=1S/C14H12FN5/c1-20-14(16)12(9-3-2-4-11(15)7-9)13(19-20)10-5-6-17-18-8-10/h2-8H,16H2,1H3. The van der Waals surface area contributed by atoms with Crippen molar-refractivity contribution >= 4 is 5.82 Å².